The first-order chi connectivity index (χ1) is 9.29. The highest BCUT2D eigenvalue weighted by atomic mass is 16.5. The molecule has 1 N–H and O–H groups in total. The van der Waals surface area contributed by atoms with Crippen molar-refractivity contribution in [1.82, 2.24) is 15.3 Å². The molecule has 1 aromatic heterocycles. The molecule has 19 heavy (non-hydrogen) atoms. The maximum absolute atomic E-state index is 5.62. The van der Waals surface area contributed by atoms with Crippen LogP contribution in [-0.4, -0.2) is 43.3 Å². The predicted molar refractivity (Wildman–Crippen MR) is 76.2 cm³/mol. The summed E-state index contributed by atoms with van der Waals surface area (Å²) in [7, 11) is 2.00. The number of likely N-dealkylation sites (N-methyl/N-ethyl adjacent to an activating group) is 1. The van der Waals surface area contributed by atoms with Gasteiger partial charge in [0.05, 0.1) is 6.61 Å². The lowest BCUT2D eigenvalue weighted by Gasteiger charge is -2.17. The molecule has 1 saturated carbocycles. The maximum atomic E-state index is 5.62. The van der Waals surface area contributed by atoms with E-state index in [-0.39, 0.29) is 0 Å². The van der Waals surface area contributed by atoms with Gasteiger partial charge in [0.2, 0.25) is 5.95 Å². The van der Waals surface area contributed by atoms with Crippen molar-refractivity contribution in [3.8, 4) is 0 Å². The minimum Gasteiger partial charge on any atom is -0.379 e. The number of aromatic nitrogens is 2. The molecule has 1 heterocycles. The average molecular weight is 264 g/mol. The monoisotopic (exact) mass is 264 g/mol. The summed E-state index contributed by atoms with van der Waals surface area (Å²) in [4.78, 5) is 10.8. The molecule has 0 unspecified atom stereocenters. The van der Waals surface area contributed by atoms with Crippen LogP contribution in [-0.2, 0) is 11.3 Å². The van der Waals surface area contributed by atoms with Crippen molar-refractivity contribution in [1.29, 1.82) is 0 Å². The third-order valence-electron chi connectivity index (χ3n) is 3.23. The van der Waals surface area contributed by atoms with Crippen LogP contribution in [0.1, 0.15) is 25.3 Å². The number of hydrogen-bond acceptors (Lipinski definition) is 5. The molecule has 0 amide bonds. The summed E-state index contributed by atoms with van der Waals surface area (Å²) in [5, 5.41) is 3.26. The molecular weight excluding hydrogens is 240 g/mol. The highest BCUT2D eigenvalue weighted by molar-refractivity contribution is 5.28. The largest absolute Gasteiger partial charge is 0.379 e. The van der Waals surface area contributed by atoms with E-state index in [1.54, 1.807) is 0 Å². The van der Waals surface area contributed by atoms with Crippen molar-refractivity contribution in [3.63, 3.8) is 0 Å². The highest BCUT2D eigenvalue weighted by Gasteiger charge is 2.21. The van der Waals surface area contributed by atoms with E-state index in [1.165, 1.54) is 12.8 Å². The van der Waals surface area contributed by atoms with Crippen molar-refractivity contribution in [2.24, 2.45) is 5.92 Å². The van der Waals surface area contributed by atoms with Crippen LogP contribution in [0, 0.1) is 5.92 Å². The van der Waals surface area contributed by atoms with E-state index >= 15 is 0 Å². The second-order valence-electron chi connectivity index (χ2n) is 5.11. The fourth-order valence-corrected chi connectivity index (χ4v) is 1.74. The quantitative estimate of drug-likeness (QED) is 0.684. The Morgan fingerprint density at radius 1 is 1.37 bits per heavy atom. The number of rotatable bonds is 9. The standard InChI is InChI=1S/C14H24N4O/c1-3-15-8-13-9-16-14(17-10-13)18(2)6-7-19-11-12-4-5-12/h9-10,12,15H,3-8,11H2,1-2H3. The van der Waals surface area contributed by atoms with Gasteiger partial charge in [0.25, 0.3) is 0 Å². The Kier molecular flexibility index (Phi) is 5.54. The molecule has 5 heteroatoms. The fraction of sp³-hybridized carbons (Fsp3) is 0.714. The molecule has 1 fully saturated rings. The van der Waals surface area contributed by atoms with Gasteiger partial charge in [0, 0.05) is 44.7 Å². The number of ether oxygens (including phenoxy) is 1. The molecule has 0 aromatic carbocycles. The first kappa shape index (κ1) is 14.2. The molecule has 0 atom stereocenters. The van der Waals surface area contributed by atoms with Crippen molar-refractivity contribution in [2.75, 3.05) is 38.3 Å². The summed E-state index contributed by atoms with van der Waals surface area (Å²) in [6.45, 7) is 6.36. The van der Waals surface area contributed by atoms with Gasteiger partial charge in [-0.25, -0.2) is 9.97 Å². The van der Waals surface area contributed by atoms with E-state index in [0.29, 0.717) is 0 Å². The second-order valence-corrected chi connectivity index (χ2v) is 5.11. The van der Waals surface area contributed by atoms with E-state index in [4.69, 9.17) is 4.74 Å². The predicted octanol–water partition coefficient (Wildman–Crippen LogP) is 1.45. The van der Waals surface area contributed by atoms with Crippen LogP contribution in [0.3, 0.4) is 0 Å². The smallest absolute Gasteiger partial charge is 0.225 e. The van der Waals surface area contributed by atoms with Gasteiger partial charge in [-0.1, -0.05) is 6.92 Å². The summed E-state index contributed by atoms with van der Waals surface area (Å²) >= 11 is 0. The molecule has 1 aromatic rings. The van der Waals surface area contributed by atoms with E-state index < -0.39 is 0 Å². The lowest BCUT2D eigenvalue weighted by atomic mass is 10.3. The third-order valence-corrected chi connectivity index (χ3v) is 3.23. The lowest BCUT2D eigenvalue weighted by Crippen LogP contribution is -2.25. The van der Waals surface area contributed by atoms with Crippen LogP contribution < -0.4 is 10.2 Å². The molecule has 106 valence electrons. The molecule has 0 spiro atoms. The fourth-order valence-electron chi connectivity index (χ4n) is 1.74. The zero-order valence-corrected chi connectivity index (χ0v) is 11.9. The number of anilines is 1. The Bertz CT molecular complexity index is 364. The molecule has 0 radical (unpaired) electrons. The Labute approximate surface area is 115 Å². The third kappa shape index (κ3) is 5.12. The normalized spacial score (nSPS) is 14.6. The zero-order valence-electron chi connectivity index (χ0n) is 11.9. The van der Waals surface area contributed by atoms with Crippen LogP contribution in [0.25, 0.3) is 0 Å². The van der Waals surface area contributed by atoms with Crippen LogP contribution in [0.15, 0.2) is 12.4 Å². The van der Waals surface area contributed by atoms with Gasteiger partial charge in [-0.2, -0.15) is 0 Å². The van der Waals surface area contributed by atoms with Crippen molar-refractivity contribution in [3.05, 3.63) is 18.0 Å². The van der Waals surface area contributed by atoms with Crippen molar-refractivity contribution < 1.29 is 4.74 Å². The number of nitrogens with one attached hydrogen (secondary N) is 1. The van der Waals surface area contributed by atoms with Crippen LogP contribution >= 0.6 is 0 Å². The molecular formula is C14H24N4O. The van der Waals surface area contributed by atoms with Gasteiger partial charge in [-0.3, -0.25) is 0 Å². The van der Waals surface area contributed by atoms with Gasteiger partial charge in [-0.05, 0) is 25.3 Å². The lowest BCUT2D eigenvalue weighted by molar-refractivity contribution is 0.130. The van der Waals surface area contributed by atoms with Crippen LogP contribution in [0.4, 0.5) is 5.95 Å². The van der Waals surface area contributed by atoms with E-state index in [2.05, 4.69) is 22.2 Å². The van der Waals surface area contributed by atoms with E-state index in [1.807, 2.05) is 24.3 Å². The molecule has 2 rings (SSSR count). The molecule has 0 bridgehead atoms. The topological polar surface area (TPSA) is 50.3 Å². The highest BCUT2D eigenvalue weighted by Crippen LogP contribution is 2.28. The Morgan fingerprint density at radius 2 is 2.11 bits per heavy atom. The molecule has 1 aliphatic rings. The summed E-state index contributed by atoms with van der Waals surface area (Å²) in [6, 6.07) is 0. The van der Waals surface area contributed by atoms with Crippen LogP contribution in [0.5, 0.6) is 0 Å². The minimum absolute atomic E-state index is 0.746. The summed E-state index contributed by atoms with van der Waals surface area (Å²) in [5.41, 5.74) is 1.11. The van der Waals surface area contributed by atoms with Gasteiger partial charge in [0.15, 0.2) is 0 Å². The Hall–Kier alpha value is -1.20. The summed E-state index contributed by atoms with van der Waals surface area (Å²) in [6.07, 6.45) is 6.44. The Balaban J connectivity index is 1.69. The molecule has 0 saturated heterocycles. The summed E-state index contributed by atoms with van der Waals surface area (Å²) in [5.74, 6) is 1.59. The molecule has 5 nitrogen and oxygen atoms in total. The Morgan fingerprint density at radius 3 is 2.74 bits per heavy atom. The first-order valence-corrected chi connectivity index (χ1v) is 7.10. The average Bonchev–Trinajstić information content (AvgIpc) is 3.26. The number of nitrogens with zero attached hydrogens (tertiary/aromatic N) is 3. The van der Waals surface area contributed by atoms with E-state index in [9.17, 15) is 0 Å². The van der Waals surface area contributed by atoms with Crippen molar-refractivity contribution in [2.45, 2.75) is 26.3 Å². The molecule has 0 aliphatic heterocycles. The van der Waals surface area contributed by atoms with E-state index in [0.717, 1.165) is 50.3 Å². The van der Waals surface area contributed by atoms with Crippen LogP contribution in [0.2, 0.25) is 0 Å². The SMILES string of the molecule is CCNCc1cnc(N(C)CCOCC2CC2)nc1. The number of hydrogen-bond donors (Lipinski definition) is 1. The van der Waals surface area contributed by atoms with Crippen molar-refractivity contribution >= 4 is 5.95 Å². The first-order valence-electron chi connectivity index (χ1n) is 7.10. The van der Waals surface area contributed by atoms with Gasteiger partial charge < -0.3 is 15.0 Å². The maximum Gasteiger partial charge on any atom is 0.225 e. The second kappa shape index (κ2) is 7.40. The minimum atomic E-state index is 0.746. The van der Waals surface area contributed by atoms with Gasteiger partial charge >= 0.3 is 0 Å². The van der Waals surface area contributed by atoms with Gasteiger partial charge in [-0.15, -0.1) is 0 Å². The summed E-state index contributed by atoms with van der Waals surface area (Å²) < 4.78 is 5.62. The molecule has 1 aliphatic carbocycles. The van der Waals surface area contributed by atoms with Gasteiger partial charge in [0.1, 0.15) is 0 Å². The zero-order chi connectivity index (χ0) is 13.5.